The fourth-order valence-corrected chi connectivity index (χ4v) is 3.66. The highest BCUT2D eigenvalue weighted by atomic mass is 19.1. The zero-order valence-corrected chi connectivity index (χ0v) is 16.0. The number of halogens is 1. The van der Waals surface area contributed by atoms with Gasteiger partial charge in [0, 0.05) is 24.5 Å². The number of rotatable bonds is 6. The highest BCUT2D eigenvalue weighted by molar-refractivity contribution is 6.16. The number of aliphatic hydroxyl groups excluding tert-OH is 1. The van der Waals surface area contributed by atoms with Crippen LogP contribution in [0.25, 0.3) is 0 Å². The Morgan fingerprint density at radius 2 is 1.67 bits per heavy atom. The van der Waals surface area contributed by atoms with E-state index in [2.05, 4.69) is 4.98 Å². The number of hydrogen-bond acceptors (Lipinski definition) is 4. The van der Waals surface area contributed by atoms with Gasteiger partial charge in [-0.25, -0.2) is 4.39 Å². The van der Waals surface area contributed by atoms with Crippen LogP contribution in [0.4, 0.5) is 10.1 Å². The Balaban J connectivity index is 1.70. The molecule has 2 heterocycles. The second kappa shape index (κ2) is 8.29. The van der Waals surface area contributed by atoms with Crippen LogP contribution < -0.4 is 4.90 Å². The van der Waals surface area contributed by atoms with E-state index >= 15 is 0 Å². The number of anilines is 1. The van der Waals surface area contributed by atoms with Gasteiger partial charge in [0.05, 0.1) is 11.6 Å². The van der Waals surface area contributed by atoms with Crippen molar-refractivity contribution in [3.8, 4) is 0 Å². The molecular weight excluding hydrogens is 383 g/mol. The molecule has 0 fully saturated rings. The van der Waals surface area contributed by atoms with Gasteiger partial charge in [0.25, 0.3) is 5.91 Å². The first-order chi connectivity index (χ1) is 14.6. The second-order valence-corrected chi connectivity index (χ2v) is 7.01. The van der Waals surface area contributed by atoms with Gasteiger partial charge in [-0.05, 0) is 53.9 Å². The van der Waals surface area contributed by atoms with Crippen molar-refractivity contribution >= 4 is 17.4 Å². The summed E-state index contributed by atoms with van der Waals surface area (Å²) in [6, 6.07) is 17.5. The highest BCUT2D eigenvalue weighted by Crippen LogP contribution is 2.41. The van der Waals surface area contributed by atoms with Gasteiger partial charge in [0.2, 0.25) is 0 Å². The second-order valence-electron chi connectivity index (χ2n) is 7.01. The number of benzene rings is 2. The number of ketones is 1. The maximum atomic E-state index is 13.4. The van der Waals surface area contributed by atoms with Gasteiger partial charge in [0.15, 0.2) is 11.5 Å². The molecular formula is C24H19FN2O3. The first kappa shape index (κ1) is 19.5. The maximum absolute atomic E-state index is 13.4. The largest absolute Gasteiger partial charge is 0.503 e. The van der Waals surface area contributed by atoms with Crippen molar-refractivity contribution in [1.82, 2.24) is 4.98 Å². The van der Waals surface area contributed by atoms with Crippen LogP contribution in [0.2, 0.25) is 0 Å². The van der Waals surface area contributed by atoms with E-state index in [0.717, 1.165) is 5.56 Å². The molecule has 6 heteroatoms. The Bertz CT molecular complexity index is 1100. The molecule has 1 unspecified atom stereocenters. The van der Waals surface area contributed by atoms with Crippen molar-refractivity contribution < 1.29 is 19.1 Å². The van der Waals surface area contributed by atoms with Crippen molar-refractivity contribution in [1.29, 1.82) is 0 Å². The number of carbonyl (C=O) groups excluding carboxylic acids is 2. The van der Waals surface area contributed by atoms with Crippen LogP contribution in [-0.2, 0) is 16.0 Å². The summed E-state index contributed by atoms with van der Waals surface area (Å²) in [5.74, 6) is -2.01. The monoisotopic (exact) mass is 402 g/mol. The van der Waals surface area contributed by atoms with Crippen LogP contribution in [0, 0.1) is 5.82 Å². The number of aryl methyl sites for hydroxylation is 1. The molecule has 0 aliphatic carbocycles. The highest BCUT2D eigenvalue weighted by Gasteiger charge is 2.44. The van der Waals surface area contributed by atoms with E-state index < -0.39 is 23.5 Å². The standard InChI is InChI=1S/C24H19FN2O3/c25-18-7-9-19(10-8-18)27-22(17-12-14-26-15-13-17)21(23(29)24(27)30)20(28)11-6-16-4-2-1-3-5-16/h1-5,7-10,12-15,22,29H,6,11H2. The molecule has 150 valence electrons. The molecule has 1 amide bonds. The number of aliphatic hydroxyl groups is 1. The minimum atomic E-state index is -0.811. The third-order valence-corrected chi connectivity index (χ3v) is 5.12. The molecule has 0 spiro atoms. The average Bonchev–Trinajstić information content (AvgIpc) is 3.05. The molecule has 0 saturated carbocycles. The molecule has 4 rings (SSSR count). The smallest absolute Gasteiger partial charge is 0.294 e. The summed E-state index contributed by atoms with van der Waals surface area (Å²) in [5, 5.41) is 10.6. The molecule has 1 aliphatic heterocycles. The van der Waals surface area contributed by atoms with E-state index in [4.69, 9.17) is 0 Å². The zero-order chi connectivity index (χ0) is 21.1. The lowest BCUT2D eigenvalue weighted by Gasteiger charge is -2.26. The number of Topliss-reactive ketones (excluding diaryl/α,β-unsaturated/α-hetero) is 1. The lowest BCUT2D eigenvalue weighted by atomic mass is 9.93. The summed E-state index contributed by atoms with van der Waals surface area (Å²) in [7, 11) is 0. The Kier molecular flexibility index (Phi) is 5.39. The van der Waals surface area contributed by atoms with Crippen molar-refractivity contribution in [2.75, 3.05) is 4.90 Å². The van der Waals surface area contributed by atoms with Crippen LogP contribution in [-0.4, -0.2) is 21.8 Å². The first-order valence-electron chi connectivity index (χ1n) is 9.55. The number of pyridine rings is 1. The van der Waals surface area contributed by atoms with E-state index in [0.29, 0.717) is 17.7 Å². The predicted molar refractivity (Wildman–Crippen MR) is 110 cm³/mol. The van der Waals surface area contributed by atoms with Crippen molar-refractivity contribution in [3.05, 3.63) is 107 Å². The van der Waals surface area contributed by atoms with Gasteiger partial charge in [0.1, 0.15) is 5.82 Å². The fourth-order valence-electron chi connectivity index (χ4n) is 3.66. The van der Waals surface area contributed by atoms with E-state index in [-0.39, 0.29) is 17.8 Å². The minimum Gasteiger partial charge on any atom is -0.503 e. The molecule has 30 heavy (non-hydrogen) atoms. The topological polar surface area (TPSA) is 70.5 Å². The molecule has 2 aromatic carbocycles. The van der Waals surface area contributed by atoms with E-state index in [1.165, 1.54) is 29.2 Å². The van der Waals surface area contributed by atoms with Crippen molar-refractivity contribution in [2.24, 2.45) is 0 Å². The van der Waals surface area contributed by atoms with Crippen LogP contribution in [0.15, 0.2) is 90.5 Å². The van der Waals surface area contributed by atoms with Gasteiger partial charge in [-0.2, -0.15) is 0 Å². The number of nitrogens with zero attached hydrogens (tertiary/aromatic N) is 2. The van der Waals surface area contributed by atoms with Crippen LogP contribution in [0.1, 0.15) is 23.6 Å². The van der Waals surface area contributed by atoms with Gasteiger partial charge in [-0.3, -0.25) is 19.5 Å². The zero-order valence-electron chi connectivity index (χ0n) is 16.0. The molecule has 1 aliphatic rings. The number of aromatic nitrogens is 1. The Labute approximate surface area is 173 Å². The summed E-state index contributed by atoms with van der Waals surface area (Å²) in [6.45, 7) is 0. The normalized spacial score (nSPS) is 16.2. The summed E-state index contributed by atoms with van der Waals surface area (Å²) in [6.07, 6.45) is 3.76. The molecule has 0 bridgehead atoms. The molecule has 1 atom stereocenters. The van der Waals surface area contributed by atoms with Crippen molar-refractivity contribution in [2.45, 2.75) is 18.9 Å². The van der Waals surface area contributed by atoms with Gasteiger partial charge in [-0.15, -0.1) is 0 Å². The van der Waals surface area contributed by atoms with E-state index in [9.17, 15) is 19.1 Å². The van der Waals surface area contributed by atoms with Gasteiger partial charge < -0.3 is 5.11 Å². The van der Waals surface area contributed by atoms with E-state index in [1.807, 2.05) is 30.3 Å². The van der Waals surface area contributed by atoms with Gasteiger partial charge in [-0.1, -0.05) is 30.3 Å². The first-order valence-corrected chi connectivity index (χ1v) is 9.55. The molecule has 1 N–H and O–H groups in total. The number of amides is 1. The summed E-state index contributed by atoms with van der Waals surface area (Å²) in [5.41, 5.74) is 2.06. The third kappa shape index (κ3) is 3.72. The third-order valence-electron chi connectivity index (χ3n) is 5.12. The molecule has 0 saturated heterocycles. The van der Waals surface area contributed by atoms with Crippen molar-refractivity contribution in [3.63, 3.8) is 0 Å². The summed E-state index contributed by atoms with van der Waals surface area (Å²) >= 11 is 0. The SMILES string of the molecule is O=C(CCc1ccccc1)C1=C(O)C(=O)N(c2ccc(F)cc2)C1c1ccncc1. The number of carbonyl (C=O) groups is 2. The Hall–Kier alpha value is -3.80. The molecule has 0 radical (unpaired) electrons. The average molecular weight is 402 g/mol. The van der Waals surface area contributed by atoms with Crippen LogP contribution >= 0.6 is 0 Å². The van der Waals surface area contributed by atoms with E-state index in [1.54, 1.807) is 24.5 Å². The summed E-state index contributed by atoms with van der Waals surface area (Å²) < 4.78 is 13.4. The number of hydrogen-bond donors (Lipinski definition) is 1. The van der Waals surface area contributed by atoms with Gasteiger partial charge >= 0.3 is 0 Å². The lowest BCUT2D eigenvalue weighted by Crippen LogP contribution is -2.31. The fraction of sp³-hybridized carbons (Fsp3) is 0.125. The van der Waals surface area contributed by atoms with Crippen LogP contribution in [0.3, 0.4) is 0 Å². The molecule has 1 aromatic heterocycles. The lowest BCUT2D eigenvalue weighted by molar-refractivity contribution is -0.118. The predicted octanol–water partition coefficient (Wildman–Crippen LogP) is 4.32. The maximum Gasteiger partial charge on any atom is 0.294 e. The molecule has 5 nitrogen and oxygen atoms in total. The quantitative estimate of drug-likeness (QED) is 0.667. The Morgan fingerprint density at radius 3 is 2.33 bits per heavy atom. The summed E-state index contributed by atoms with van der Waals surface area (Å²) in [4.78, 5) is 31.3. The molecule has 3 aromatic rings. The minimum absolute atomic E-state index is 0.0476. The Morgan fingerprint density at radius 1 is 1.00 bits per heavy atom. The van der Waals surface area contributed by atoms with Crippen LogP contribution in [0.5, 0.6) is 0 Å².